The Bertz CT molecular complexity index is 499. The van der Waals surface area contributed by atoms with Crippen molar-refractivity contribution in [1.82, 2.24) is 10.2 Å². The zero-order valence-electron chi connectivity index (χ0n) is 14.3. The van der Waals surface area contributed by atoms with Gasteiger partial charge in [-0.2, -0.15) is 0 Å². The monoisotopic (exact) mass is 451 g/mol. The van der Waals surface area contributed by atoms with Crippen LogP contribution < -0.4 is 10.1 Å². The minimum Gasteiger partial charge on any atom is -0.494 e. The number of benzene rings is 1. The van der Waals surface area contributed by atoms with Crippen molar-refractivity contribution < 1.29 is 13.9 Å². The Balaban J connectivity index is 0.00000288. The van der Waals surface area contributed by atoms with Crippen molar-refractivity contribution in [2.45, 2.75) is 12.8 Å². The van der Waals surface area contributed by atoms with Crippen LogP contribution in [0.5, 0.6) is 5.75 Å². The lowest BCUT2D eigenvalue weighted by Gasteiger charge is -2.21. The summed E-state index contributed by atoms with van der Waals surface area (Å²) in [5, 5.41) is 3.36. The number of halogens is 2. The highest BCUT2D eigenvalue weighted by Crippen LogP contribution is 2.16. The lowest BCUT2D eigenvalue weighted by atomic mass is 10.1. The molecule has 1 aromatic carbocycles. The van der Waals surface area contributed by atoms with Crippen LogP contribution in [0, 0.1) is 11.7 Å². The third-order valence-electron chi connectivity index (χ3n) is 3.89. The average Bonchev–Trinajstić information content (AvgIpc) is 3.01. The van der Waals surface area contributed by atoms with Crippen molar-refractivity contribution in [3.05, 3.63) is 30.1 Å². The molecule has 0 amide bonds. The molecule has 0 aromatic heterocycles. The molecule has 1 unspecified atom stereocenters. The van der Waals surface area contributed by atoms with Gasteiger partial charge in [-0.05, 0) is 37.1 Å². The average molecular weight is 451 g/mol. The fraction of sp³-hybridized carbons (Fsp3) is 0.588. The molecule has 5 nitrogen and oxygen atoms in total. The Labute approximate surface area is 160 Å². The van der Waals surface area contributed by atoms with Crippen LogP contribution in [0.4, 0.5) is 4.39 Å². The Kier molecular flexibility index (Phi) is 10.0. The van der Waals surface area contributed by atoms with Gasteiger partial charge in [-0.3, -0.25) is 4.99 Å². The van der Waals surface area contributed by atoms with Gasteiger partial charge in [0.2, 0.25) is 0 Å². The summed E-state index contributed by atoms with van der Waals surface area (Å²) < 4.78 is 23.6. The maximum Gasteiger partial charge on any atom is 0.193 e. The molecule has 24 heavy (non-hydrogen) atoms. The molecule has 1 aliphatic rings. The first-order valence-corrected chi connectivity index (χ1v) is 8.06. The van der Waals surface area contributed by atoms with Gasteiger partial charge in [0.25, 0.3) is 0 Å². The van der Waals surface area contributed by atoms with E-state index in [0.717, 1.165) is 45.0 Å². The smallest absolute Gasteiger partial charge is 0.193 e. The van der Waals surface area contributed by atoms with E-state index in [1.807, 2.05) is 0 Å². The van der Waals surface area contributed by atoms with Crippen LogP contribution in [0.3, 0.4) is 0 Å². The van der Waals surface area contributed by atoms with E-state index in [2.05, 4.69) is 15.2 Å². The van der Waals surface area contributed by atoms with Crippen molar-refractivity contribution in [1.29, 1.82) is 0 Å². The molecule has 1 atom stereocenters. The molecule has 1 fully saturated rings. The van der Waals surface area contributed by atoms with Gasteiger partial charge in [0.05, 0.1) is 13.2 Å². The molecule has 0 aliphatic carbocycles. The number of hydrogen-bond donors (Lipinski definition) is 1. The minimum atomic E-state index is -0.250. The molecule has 0 bridgehead atoms. The number of methoxy groups -OCH3 is 1. The maximum atomic E-state index is 12.8. The summed E-state index contributed by atoms with van der Waals surface area (Å²) in [4.78, 5) is 6.61. The SMILES string of the molecule is CN=C(NCCCOc1ccc(F)cc1)N1CCC(COC)C1.I. The van der Waals surface area contributed by atoms with Crippen molar-refractivity contribution in [3.8, 4) is 5.75 Å². The molecule has 1 aromatic rings. The second-order valence-corrected chi connectivity index (χ2v) is 5.69. The Morgan fingerprint density at radius 1 is 1.38 bits per heavy atom. The van der Waals surface area contributed by atoms with Crippen LogP contribution in [0.25, 0.3) is 0 Å². The Morgan fingerprint density at radius 3 is 2.79 bits per heavy atom. The first-order valence-electron chi connectivity index (χ1n) is 8.06. The number of rotatable bonds is 7. The third kappa shape index (κ3) is 6.80. The summed E-state index contributed by atoms with van der Waals surface area (Å²) in [5.74, 6) is 1.96. The van der Waals surface area contributed by atoms with E-state index in [4.69, 9.17) is 9.47 Å². The van der Waals surface area contributed by atoms with E-state index in [0.29, 0.717) is 18.3 Å². The normalized spacial score (nSPS) is 17.5. The molecule has 1 saturated heterocycles. The zero-order valence-corrected chi connectivity index (χ0v) is 16.7. The van der Waals surface area contributed by atoms with Crippen LogP contribution in [0.15, 0.2) is 29.3 Å². The predicted octanol–water partition coefficient (Wildman–Crippen LogP) is 2.76. The molecule has 2 rings (SSSR count). The first-order chi connectivity index (χ1) is 11.2. The van der Waals surface area contributed by atoms with E-state index < -0.39 is 0 Å². The summed E-state index contributed by atoms with van der Waals surface area (Å²) in [6.07, 6.45) is 1.99. The molecular formula is C17H27FIN3O2. The fourth-order valence-corrected chi connectivity index (χ4v) is 2.72. The van der Waals surface area contributed by atoms with Gasteiger partial charge < -0.3 is 19.7 Å². The summed E-state index contributed by atoms with van der Waals surface area (Å²) in [7, 11) is 3.55. The topological polar surface area (TPSA) is 46.1 Å². The lowest BCUT2D eigenvalue weighted by molar-refractivity contribution is 0.157. The minimum absolute atomic E-state index is 0. The third-order valence-corrected chi connectivity index (χ3v) is 3.89. The van der Waals surface area contributed by atoms with Gasteiger partial charge in [-0.15, -0.1) is 24.0 Å². The zero-order chi connectivity index (χ0) is 16.5. The molecule has 1 N–H and O–H groups in total. The highest BCUT2D eigenvalue weighted by atomic mass is 127. The van der Waals surface area contributed by atoms with E-state index in [-0.39, 0.29) is 29.8 Å². The molecule has 7 heteroatoms. The van der Waals surface area contributed by atoms with Gasteiger partial charge in [-0.1, -0.05) is 0 Å². The van der Waals surface area contributed by atoms with Gasteiger partial charge in [0, 0.05) is 39.7 Å². The number of ether oxygens (including phenoxy) is 2. The summed E-state index contributed by atoms with van der Waals surface area (Å²) in [5.41, 5.74) is 0. The van der Waals surface area contributed by atoms with Crippen LogP contribution >= 0.6 is 24.0 Å². The summed E-state index contributed by atoms with van der Waals surface area (Å²) in [6, 6.07) is 6.09. The molecule has 1 heterocycles. The van der Waals surface area contributed by atoms with Crippen LogP contribution in [-0.4, -0.2) is 57.9 Å². The summed E-state index contributed by atoms with van der Waals surface area (Å²) >= 11 is 0. The standard InChI is InChI=1S/C17H26FN3O2.HI/c1-19-17(21-10-8-14(12-21)13-22-2)20-9-3-11-23-16-6-4-15(18)5-7-16;/h4-7,14H,3,8-13H2,1-2H3,(H,19,20);1H. The Hall–Kier alpha value is -1.09. The number of guanidine groups is 1. The second-order valence-electron chi connectivity index (χ2n) is 5.69. The highest BCUT2D eigenvalue weighted by molar-refractivity contribution is 14.0. The molecule has 0 radical (unpaired) electrons. The van der Waals surface area contributed by atoms with Gasteiger partial charge in [0.1, 0.15) is 11.6 Å². The molecular weight excluding hydrogens is 424 g/mol. The summed E-state index contributed by atoms with van der Waals surface area (Å²) in [6.45, 7) is 4.18. The molecule has 0 saturated carbocycles. The van der Waals surface area contributed by atoms with Gasteiger partial charge in [0.15, 0.2) is 5.96 Å². The van der Waals surface area contributed by atoms with Crippen molar-refractivity contribution in [2.75, 3.05) is 47.0 Å². The quantitative estimate of drug-likeness (QED) is 0.300. The van der Waals surface area contributed by atoms with Crippen molar-refractivity contribution in [3.63, 3.8) is 0 Å². The van der Waals surface area contributed by atoms with Crippen LogP contribution in [0.1, 0.15) is 12.8 Å². The molecule has 136 valence electrons. The molecule has 1 aliphatic heterocycles. The lowest BCUT2D eigenvalue weighted by Crippen LogP contribution is -2.40. The van der Waals surface area contributed by atoms with Crippen LogP contribution in [-0.2, 0) is 4.74 Å². The number of nitrogens with zero attached hydrogens (tertiary/aromatic N) is 2. The van der Waals surface area contributed by atoms with E-state index in [1.165, 1.54) is 12.1 Å². The Morgan fingerprint density at radius 2 is 2.12 bits per heavy atom. The second kappa shape index (κ2) is 11.5. The first kappa shape index (κ1) is 21.0. The number of hydrogen-bond acceptors (Lipinski definition) is 3. The predicted molar refractivity (Wildman–Crippen MR) is 105 cm³/mol. The fourth-order valence-electron chi connectivity index (χ4n) is 2.72. The van der Waals surface area contributed by atoms with E-state index in [9.17, 15) is 4.39 Å². The van der Waals surface area contributed by atoms with Crippen molar-refractivity contribution in [2.24, 2.45) is 10.9 Å². The largest absolute Gasteiger partial charge is 0.494 e. The van der Waals surface area contributed by atoms with Crippen molar-refractivity contribution >= 4 is 29.9 Å². The number of nitrogens with one attached hydrogen (secondary N) is 1. The van der Waals surface area contributed by atoms with Gasteiger partial charge >= 0.3 is 0 Å². The van der Waals surface area contributed by atoms with Gasteiger partial charge in [-0.25, -0.2) is 4.39 Å². The van der Waals surface area contributed by atoms with E-state index in [1.54, 1.807) is 26.3 Å². The van der Waals surface area contributed by atoms with Crippen LogP contribution in [0.2, 0.25) is 0 Å². The number of likely N-dealkylation sites (tertiary alicyclic amines) is 1. The number of aliphatic imine (C=N–C) groups is 1. The highest BCUT2D eigenvalue weighted by Gasteiger charge is 2.24. The van der Waals surface area contributed by atoms with E-state index >= 15 is 0 Å². The maximum absolute atomic E-state index is 12.8. The molecule has 0 spiro atoms.